The van der Waals surface area contributed by atoms with E-state index in [0.29, 0.717) is 17.2 Å². The highest BCUT2D eigenvalue weighted by Crippen LogP contribution is 2.37. The lowest BCUT2D eigenvalue weighted by Gasteiger charge is -2.06. The highest BCUT2D eigenvalue weighted by molar-refractivity contribution is 9.08. The van der Waals surface area contributed by atoms with Crippen molar-refractivity contribution in [3.05, 3.63) is 11.6 Å². The molecule has 0 spiro atoms. The van der Waals surface area contributed by atoms with E-state index < -0.39 is 9.84 Å². The molecule has 1 aliphatic rings. The molecular weight excluding hydrogens is 282 g/mol. The quantitative estimate of drug-likeness (QED) is 0.779. The van der Waals surface area contributed by atoms with E-state index in [0.717, 1.165) is 18.7 Å². The molecule has 0 radical (unpaired) electrons. The lowest BCUT2D eigenvalue weighted by atomic mass is 10.5. The Hall–Kier alpha value is -0.430. The topological polar surface area (TPSA) is 64.8 Å². The number of aromatic nitrogens is 3. The van der Waals surface area contributed by atoms with Crippen LogP contribution >= 0.6 is 15.9 Å². The maximum Gasteiger partial charge on any atom is 0.154 e. The van der Waals surface area contributed by atoms with Crippen LogP contribution in [0, 0.1) is 0 Å². The van der Waals surface area contributed by atoms with Crippen LogP contribution in [0.5, 0.6) is 0 Å². The van der Waals surface area contributed by atoms with Crippen LogP contribution < -0.4 is 0 Å². The van der Waals surface area contributed by atoms with Gasteiger partial charge in [0, 0.05) is 12.3 Å². The first kappa shape index (κ1) is 11.1. The molecular formula is C8H12BrN3O2S. The Morgan fingerprint density at radius 3 is 2.47 bits per heavy atom. The lowest BCUT2D eigenvalue weighted by molar-refractivity contribution is 0.595. The van der Waals surface area contributed by atoms with Crippen molar-refractivity contribution in [2.45, 2.75) is 30.0 Å². The van der Waals surface area contributed by atoms with Crippen LogP contribution in [0.4, 0.5) is 0 Å². The van der Waals surface area contributed by atoms with Crippen molar-refractivity contribution in [3.8, 4) is 0 Å². The molecule has 0 amide bonds. The first-order valence-electron chi connectivity index (χ1n) is 4.67. The molecule has 1 aromatic heterocycles. The Bertz CT molecular complexity index is 464. The molecule has 1 aromatic rings. The lowest BCUT2D eigenvalue weighted by Crippen LogP contribution is -2.10. The molecule has 0 unspecified atom stereocenters. The van der Waals surface area contributed by atoms with Crippen molar-refractivity contribution < 1.29 is 8.42 Å². The first-order valence-corrected chi connectivity index (χ1v) is 7.86. The second-order valence-corrected chi connectivity index (χ2v) is 6.54. The molecule has 0 bridgehead atoms. The van der Waals surface area contributed by atoms with Gasteiger partial charge in [-0.05, 0) is 12.8 Å². The second-order valence-electron chi connectivity index (χ2n) is 3.84. The van der Waals surface area contributed by atoms with Gasteiger partial charge in [0.15, 0.2) is 9.84 Å². The van der Waals surface area contributed by atoms with Crippen LogP contribution in [-0.4, -0.2) is 29.4 Å². The van der Waals surface area contributed by atoms with Crippen molar-refractivity contribution in [2.75, 3.05) is 6.26 Å². The van der Waals surface area contributed by atoms with Crippen LogP contribution in [0.3, 0.4) is 0 Å². The minimum Gasteiger partial charge on any atom is -0.310 e. The molecule has 1 saturated carbocycles. The van der Waals surface area contributed by atoms with Gasteiger partial charge < -0.3 is 4.57 Å². The molecule has 0 aromatic carbocycles. The fraction of sp³-hybridized carbons (Fsp3) is 0.750. The summed E-state index contributed by atoms with van der Waals surface area (Å²) in [5, 5.41) is 8.53. The van der Waals surface area contributed by atoms with Gasteiger partial charge in [0.2, 0.25) is 0 Å². The Labute approximate surface area is 96.9 Å². The van der Waals surface area contributed by atoms with Crippen LogP contribution in [0.25, 0.3) is 0 Å². The second kappa shape index (κ2) is 3.86. The van der Waals surface area contributed by atoms with E-state index >= 15 is 0 Å². The molecule has 0 atom stereocenters. The zero-order valence-electron chi connectivity index (χ0n) is 8.35. The Balaban J connectivity index is 2.34. The maximum absolute atomic E-state index is 11.2. The molecule has 1 aliphatic carbocycles. The van der Waals surface area contributed by atoms with Gasteiger partial charge in [-0.15, -0.1) is 10.2 Å². The SMILES string of the molecule is CS(=O)(=O)Cc1nnc(CBr)n1C1CC1. The van der Waals surface area contributed by atoms with Gasteiger partial charge in [0.05, 0.1) is 5.33 Å². The van der Waals surface area contributed by atoms with E-state index in [1.807, 2.05) is 4.57 Å². The molecule has 84 valence electrons. The summed E-state index contributed by atoms with van der Waals surface area (Å²) in [5.74, 6) is 1.36. The molecule has 2 rings (SSSR count). The average molecular weight is 294 g/mol. The zero-order valence-corrected chi connectivity index (χ0v) is 10.8. The number of nitrogens with zero attached hydrogens (tertiary/aromatic N) is 3. The third kappa shape index (κ3) is 2.57. The van der Waals surface area contributed by atoms with E-state index in [1.165, 1.54) is 6.26 Å². The van der Waals surface area contributed by atoms with Gasteiger partial charge in [-0.3, -0.25) is 0 Å². The Morgan fingerprint density at radius 2 is 2.00 bits per heavy atom. The number of halogens is 1. The molecule has 7 heteroatoms. The molecule has 1 fully saturated rings. The van der Waals surface area contributed by atoms with E-state index in [1.54, 1.807) is 0 Å². The molecule has 5 nitrogen and oxygen atoms in total. The summed E-state index contributed by atoms with van der Waals surface area (Å²) in [6.45, 7) is 0. The van der Waals surface area contributed by atoms with Crippen molar-refractivity contribution in [1.82, 2.24) is 14.8 Å². The van der Waals surface area contributed by atoms with Crippen molar-refractivity contribution >= 4 is 25.8 Å². The van der Waals surface area contributed by atoms with Crippen LogP contribution in [0.2, 0.25) is 0 Å². The van der Waals surface area contributed by atoms with Crippen molar-refractivity contribution in [3.63, 3.8) is 0 Å². The molecule has 0 saturated heterocycles. The zero-order chi connectivity index (χ0) is 11.1. The fourth-order valence-electron chi connectivity index (χ4n) is 1.54. The standard InChI is InChI=1S/C8H12BrN3O2S/c1-15(13,14)5-8-11-10-7(4-9)12(8)6-2-3-6/h6H,2-5H2,1H3. The van der Waals surface area contributed by atoms with E-state index in [2.05, 4.69) is 26.1 Å². The number of hydrogen-bond donors (Lipinski definition) is 0. The number of sulfone groups is 1. The van der Waals surface area contributed by atoms with E-state index in [9.17, 15) is 8.42 Å². The van der Waals surface area contributed by atoms with Crippen molar-refractivity contribution in [2.24, 2.45) is 0 Å². The van der Waals surface area contributed by atoms with Gasteiger partial charge in [0.1, 0.15) is 17.4 Å². The predicted molar refractivity (Wildman–Crippen MR) is 59.5 cm³/mol. The van der Waals surface area contributed by atoms with Gasteiger partial charge in [-0.2, -0.15) is 0 Å². The van der Waals surface area contributed by atoms with Gasteiger partial charge in [-0.1, -0.05) is 15.9 Å². The van der Waals surface area contributed by atoms with Crippen LogP contribution in [-0.2, 0) is 20.9 Å². The van der Waals surface area contributed by atoms with Gasteiger partial charge in [0.25, 0.3) is 0 Å². The third-order valence-corrected chi connectivity index (χ3v) is 3.54. The van der Waals surface area contributed by atoms with Gasteiger partial charge in [-0.25, -0.2) is 8.42 Å². The monoisotopic (exact) mass is 293 g/mol. The highest BCUT2D eigenvalue weighted by atomic mass is 79.9. The maximum atomic E-state index is 11.2. The minimum absolute atomic E-state index is 0.0243. The predicted octanol–water partition coefficient (Wildman–Crippen LogP) is 1.05. The summed E-state index contributed by atoms with van der Waals surface area (Å²) in [5.41, 5.74) is 0. The smallest absolute Gasteiger partial charge is 0.154 e. The Morgan fingerprint density at radius 1 is 1.40 bits per heavy atom. The van der Waals surface area contributed by atoms with Crippen molar-refractivity contribution in [1.29, 1.82) is 0 Å². The number of rotatable bonds is 4. The summed E-state index contributed by atoms with van der Waals surface area (Å²) < 4.78 is 24.4. The largest absolute Gasteiger partial charge is 0.310 e. The summed E-state index contributed by atoms with van der Waals surface area (Å²) in [6.07, 6.45) is 3.40. The van der Waals surface area contributed by atoms with E-state index in [4.69, 9.17) is 0 Å². The normalized spacial score (nSPS) is 16.9. The summed E-state index contributed by atoms with van der Waals surface area (Å²) >= 11 is 3.32. The van der Waals surface area contributed by atoms with Crippen LogP contribution in [0.1, 0.15) is 30.5 Å². The fourth-order valence-corrected chi connectivity index (χ4v) is 2.59. The first-order chi connectivity index (χ1) is 7.01. The summed E-state index contributed by atoms with van der Waals surface area (Å²) in [6, 6.07) is 0.407. The highest BCUT2D eigenvalue weighted by Gasteiger charge is 2.29. The van der Waals surface area contributed by atoms with Gasteiger partial charge >= 0.3 is 0 Å². The third-order valence-electron chi connectivity index (χ3n) is 2.26. The molecule has 0 N–H and O–H groups in total. The average Bonchev–Trinajstić information content (AvgIpc) is 2.87. The molecule has 1 heterocycles. The summed E-state index contributed by atoms with van der Waals surface area (Å²) in [4.78, 5) is 0. The molecule has 0 aliphatic heterocycles. The summed E-state index contributed by atoms with van der Waals surface area (Å²) in [7, 11) is -3.04. The Kier molecular flexibility index (Phi) is 2.85. The van der Waals surface area contributed by atoms with E-state index in [-0.39, 0.29) is 5.75 Å². The molecule has 15 heavy (non-hydrogen) atoms. The number of alkyl halides is 1. The van der Waals surface area contributed by atoms with Crippen LogP contribution in [0.15, 0.2) is 0 Å². The minimum atomic E-state index is -3.04. The number of hydrogen-bond acceptors (Lipinski definition) is 4.